The second-order valence-electron chi connectivity index (χ2n) is 10.5. The summed E-state index contributed by atoms with van der Waals surface area (Å²) in [5.74, 6) is -0.423. The van der Waals surface area contributed by atoms with Gasteiger partial charge in [0.25, 0.3) is 0 Å². The third-order valence-electron chi connectivity index (χ3n) is 8.80. The van der Waals surface area contributed by atoms with E-state index in [1.807, 2.05) is 0 Å². The lowest BCUT2D eigenvalue weighted by Gasteiger charge is -2.46. The average Bonchev–Trinajstić information content (AvgIpc) is 3.52. The predicted octanol–water partition coefficient (Wildman–Crippen LogP) is 5.62. The quantitative estimate of drug-likeness (QED) is 0.256. The molecule has 0 spiro atoms. The minimum atomic E-state index is -0.329. The van der Waals surface area contributed by atoms with Crippen molar-refractivity contribution in [3.05, 3.63) is 88.9 Å². The average molecular weight is 493 g/mol. The molecule has 188 valence electrons. The minimum absolute atomic E-state index is 0.0549. The van der Waals surface area contributed by atoms with Crippen LogP contribution in [0.5, 0.6) is 0 Å². The maximum absolute atomic E-state index is 13.6. The van der Waals surface area contributed by atoms with Gasteiger partial charge in [-0.25, -0.2) is 0 Å². The number of esters is 1. The molecule has 6 heteroatoms. The van der Waals surface area contributed by atoms with E-state index in [0.717, 1.165) is 42.7 Å². The van der Waals surface area contributed by atoms with Gasteiger partial charge in [-0.3, -0.25) is 4.79 Å². The van der Waals surface area contributed by atoms with Crippen LogP contribution in [0, 0.1) is 11.8 Å². The summed E-state index contributed by atoms with van der Waals surface area (Å²) in [4.78, 5) is 23.4. The van der Waals surface area contributed by atoms with Crippen LogP contribution in [-0.4, -0.2) is 41.0 Å². The molecule has 0 bridgehead atoms. The first-order valence-electron chi connectivity index (χ1n) is 13.3. The van der Waals surface area contributed by atoms with Gasteiger partial charge in [0.1, 0.15) is 0 Å². The summed E-state index contributed by atoms with van der Waals surface area (Å²) in [5.41, 5.74) is 8.56. The largest absolute Gasteiger partial charge is 0.469 e. The number of aromatic amines is 2. The number of benzene rings is 2. The van der Waals surface area contributed by atoms with E-state index in [1.165, 1.54) is 40.3 Å². The smallest absolute Gasteiger partial charge is 0.311 e. The van der Waals surface area contributed by atoms with Gasteiger partial charge < -0.3 is 24.9 Å². The fourth-order valence-corrected chi connectivity index (χ4v) is 7.07. The van der Waals surface area contributed by atoms with Gasteiger partial charge in [0.15, 0.2) is 0 Å². The van der Waals surface area contributed by atoms with E-state index in [9.17, 15) is 4.79 Å². The Labute approximate surface area is 216 Å². The molecule has 0 radical (unpaired) electrons. The van der Waals surface area contributed by atoms with Gasteiger partial charge in [-0.05, 0) is 56.0 Å². The van der Waals surface area contributed by atoms with Crippen molar-refractivity contribution in [1.82, 2.24) is 20.2 Å². The molecule has 6 nitrogen and oxygen atoms in total. The lowest BCUT2D eigenvalue weighted by atomic mass is 9.71. The number of nitrogens with one attached hydrogen (secondary N) is 3. The van der Waals surface area contributed by atoms with E-state index < -0.39 is 0 Å². The molecule has 3 N–H and O–H groups in total. The summed E-state index contributed by atoms with van der Waals surface area (Å²) in [7, 11) is 1.52. The maximum atomic E-state index is 13.6. The molecule has 4 unspecified atom stereocenters. The molecule has 4 atom stereocenters. The first-order valence-corrected chi connectivity index (χ1v) is 13.3. The monoisotopic (exact) mass is 492 g/mol. The lowest BCUT2D eigenvalue weighted by Crippen LogP contribution is -2.47. The first kappa shape index (κ1) is 22.4. The van der Waals surface area contributed by atoms with E-state index in [-0.39, 0.29) is 29.9 Å². The number of aromatic nitrogens is 2. The highest BCUT2D eigenvalue weighted by molar-refractivity contribution is 5.91. The molecule has 3 aliphatic heterocycles. The number of methoxy groups -OCH3 is 1. The maximum Gasteiger partial charge on any atom is 0.311 e. The molecule has 5 heterocycles. The van der Waals surface area contributed by atoms with Crippen LogP contribution in [0.25, 0.3) is 27.9 Å². The van der Waals surface area contributed by atoms with Gasteiger partial charge in [0, 0.05) is 51.5 Å². The zero-order valence-electron chi connectivity index (χ0n) is 21.3. The molecule has 1 fully saturated rings. The molecule has 0 aliphatic carbocycles. The molecule has 4 aromatic rings. The number of para-hydroxylation sites is 2. The van der Waals surface area contributed by atoms with Crippen LogP contribution in [0.2, 0.25) is 0 Å². The third-order valence-corrected chi connectivity index (χ3v) is 8.80. The van der Waals surface area contributed by atoms with Gasteiger partial charge in [-0.15, -0.1) is 0 Å². The molecule has 0 saturated carbocycles. The summed E-state index contributed by atoms with van der Waals surface area (Å²) in [6, 6.07) is 17.0. The minimum Gasteiger partial charge on any atom is -0.469 e. The predicted molar refractivity (Wildman–Crippen MR) is 147 cm³/mol. The van der Waals surface area contributed by atoms with Crippen molar-refractivity contribution in [2.45, 2.75) is 31.8 Å². The highest BCUT2D eigenvalue weighted by atomic mass is 16.5. The van der Waals surface area contributed by atoms with Crippen molar-refractivity contribution < 1.29 is 9.53 Å². The molecular formula is C31H32N4O2. The summed E-state index contributed by atoms with van der Waals surface area (Å²) >= 11 is 0. The number of fused-ring (bicyclic) bond motifs is 8. The number of allylic oxidation sites excluding steroid dienone is 1. The Balaban J connectivity index is 1.32. The Kier molecular flexibility index (Phi) is 5.25. The van der Waals surface area contributed by atoms with Gasteiger partial charge in [0.2, 0.25) is 0 Å². The second-order valence-corrected chi connectivity index (χ2v) is 10.5. The SMILES string of the molecule is CC=C1CN2C=Cc3c([nH]c4ccccc34)C2CC1C(C(=O)OC)C1NCCc2c1[nH]c1ccccc21. The van der Waals surface area contributed by atoms with Crippen LogP contribution in [0.3, 0.4) is 0 Å². The van der Waals surface area contributed by atoms with Crippen LogP contribution in [0.4, 0.5) is 0 Å². The molecule has 1 saturated heterocycles. The van der Waals surface area contributed by atoms with E-state index in [4.69, 9.17) is 4.74 Å². The van der Waals surface area contributed by atoms with E-state index in [1.54, 1.807) is 0 Å². The molecule has 37 heavy (non-hydrogen) atoms. The van der Waals surface area contributed by atoms with Gasteiger partial charge in [-0.1, -0.05) is 48.0 Å². The lowest BCUT2D eigenvalue weighted by molar-refractivity contribution is -0.149. The number of piperidine rings is 1. The summed E-state index contributed by atoms with van der Waals surface area (Å²) in [5, 5.41) is 6.22. The Morgan fingerprint density at radius 3 is 2.57 bits per heavy atom. The highest BCUT2D eigenvalue weighted by Crippen LogP contribution is 2.48. The number of rotatable bonds is 3. The summed E-state index contributed by atoms with van der Waals surface area (Å²) < 4.78 is 5.50. The molecule has 7 rings (SSSR count). The van der Waals surface area contributed by atoms with Gasteiger partial charge in [0.05, 0.1) is 25.1 Å². The molecule has 0 amide bonds. The van der Waals surface area contributed by atoms with E-state index in [2.05, 4.69) is 94.0 Å². The second kappa shape index (κ2) is 8.67. The summed E-state index contributed by atoms with van der Waals surface area (Å²) in [6.45, 7) is 3.74. The Morgan fingerprint density at radius 1 is 1.05 bits per heavy atom. The van der Waals surface area contributed by atoms with Gasteiger partial charge in [-0.2, -0.15) is 0 Å². The first-order chi connectivity index (χ1) is 18.2. The molecule has 2 aromatic heterocycles. The Morgan fingerprint density at radius 2 is 1.78 bits per heavy atom. The van der Waals surface area contributed by atoms with E-state index in [0.29, 0.717) is 0 Å². The number of hydrogen-bond donors (Lipinski definition) is 3. The summed E-state index contributed by atoms with van der Waals surface area (Å²) in [6.07, 6.45) is 8.46. The van der Waals surface area contributed by atoms with Crippen LogP contribution in [0.15, 0.2) is 66.4 Å². The van der Waals surface area contributed by atoms with Crippen molar-refractivity contribution in [2.24, 2.45) is 11.8 Å². The zero-order valence-corrected chi connectivity index (χ0v) is 21.3. The number of ether oxygens (including phenoxy) is 1. The Bertz CT molecular complexity index is 1570. The molecule has 2 aromatic carbocycles. The fourth-order valence-electron chi connectivity index (χ4n) is 7.07. The number of hydrogen-bond acceptors (Lipinski definition) is 4. The highest BCUT2D eigenvalue weighted by Gasteiger charge is 2.46. The van der Waals surface area contributed by atoms with Crippen molar-refractivity contribution in [3.63, 3.8) is 0 Å². The molecular weight excluding hydrogens is 460 g/mol. The number of carbonyl (C=O) groups excluding carboxylic acids is 1. The van der Waals surface area contributed by atoms with Crippen molar-refractivity contribution >= 4 is 33.9 Å². The van der Waals surface area contributed by atoms with Crippen LogP contribution in [0.1, 0.15) is 47.9 Å². The van der Waals surface area contributed by atoms with Crippen molar-refractivity contribution in [3.8, 4) is 0 Å². The third kappa shape index (κ3) is 3.39. The normalized spacial score (nSPS) is 24.6. The number of nitrogens with zero attached hydrogens (tertiary/aromatic N) is 1. The van der Waals surface area contributed by atoms with E-state index >= 15 is 0 Å². The number of carbonyl (C=O) groups is 1. The fraction of sp³-hybridized carbons (Fsp3) is 0.323. The van der Waals surface area contributed by atoms with Crippen LogP contribution in [-0.2, 0) is 16.0 Å². The van der Waals surface area contributed by atoms with Crippen molar-refractivity contribution in [1.29, 1.82) is 0 Å². The zero-order chi connectivity index (χ0) is 25.1. The standard InChI is InChI=1S/C31H32N4O2/c1-3-18-17-35-15-13-22-20-9-5-6-10-24(20)33-28(22)26(35)16-23(18)27(31(36)37-2)30-29-21(12-14-32-30)19-8-4-7-11-25(19)34-29/h3-11,13,15,23,26-27,30,32-34H,12,14,16-17H2,1-2H3. The van der Waals surface area contributed by atoms with Crippen LogP contribution >= 0.6 is 0 Å². The molecule has 3 aliphatic rings. The Hall–Kier alpha value is -3.77. The van der Waals surface area contributed by atoms with Crippen LogP contribution < -0.4 is 5.32 Å². The van der Waals surface area contributed by atoms with Crippen molar-refractivity contribution in [2.75, 3.05) is 20.2 Å². The van der Waals surface area contributed by atoms with Gasteiger partial charge >= 0.3 is 5.97 Å². The number of H-pyrrole nitrogens is 2. The topological polar surface area (TPSA) is 73.2 Å².